The number of carbonyl (C=O) groups excluding carboxylic acids is 1. The average molecular weight is 362 g/mol. The standard InChI is InChI=1S/C22H22N2O3/c1-16(2)15-26-22(25)18-10-8-17(9-11-18)21-13-12-20(27-21)14-23-24-19-6-4-3-5-7-19/h3-14,16,24H,15H2,1-2H3. The Kier molecular flexibility index (Phi) is 6.05. The zero-order valence-corrected chi connectivity index (χ0v) is 15.4. The number of hydrazone groups is 1. The van der Waals surface area contributed by atoms with Crippen LogP contribution in [0.4, 0.5) is 5.69 Å². The summed E-state index contributed by atoms with van der Waals surface area (Å²) in [6.07, 6.45) is 1.62. The Morgan fingerprint density at radius 2 is 1.81 bits per heavy atom. The van der Waals surface area contributed by atoms with Crippen LogP contribution in [0.2, 0.25) is 0 Å². The van der Waals surface area contributed by atoms with Gasteiger partial charge in [0.25, 0.3) is 0 Å². The fourth-order valence-corrected chi connectivity index (χ4v) is 2.36. The molecule has 5 heteroatoms. The fourth-order valence-electron chi connectivity index (χ4n) is 2.36. The lowest BCUT2D eigenvalue weighted by Crippen LogP contribution is -2.09. The van der Waals surface area contributed by atoms with Crippen molar-refractivity contribution >= 4 is 17.9 Å². The van der Waals surface area contributed by atoms with Crippen molar-refractivity contribution in [3.8, 4) is 11.3 Å². The van der Waals surface area contributed by atoms with E-state index in [1.54, 1.807) is 18.3 Å². The van der Waals surface area contributed by atoms with E-state index in [4.69, 9.17) is 9.15 Å². The Bertz CT molecular complexity index is 897. The summed E-state index contributed by atoms with van der Waals surface area (Å²) in [6.45, 7) is 4.42. The molecule has 3 aromatic rings. The molecule has 0 amide bonds. The van der Waals surface area contributed by atoms with Crippen molar-refractivity contribution in [2.45, 2.75) is 13.8 Å². The van der Waals surface area contributed by atoms with Gasteiger partial charge in [-0.1, -0.05) is 44.2 Å². The van der Waals surface area contributed by atoms with Gasteiger partial charge >= 0.3 is 5.97 Å². The predicted molar refractivity (Wildman–Crippen MR) is 107 cm³/mol. The first-order valence-corrected chi connectivity index (χ1v) is 8.83. The minimum atomic E-state index is -0.311. The van der Waals surface area contributed by atoms with Crippen LogP contribution in [-0.2, 0) is 4.74 Å². The summed E-state index contributed by atoms with van der Waals surface area (Å²) >= 11 is 0. The molecule has 0 saturated heterocycles. The van der Waals surface area contributed by atoms with Crippen LogP contribution in [0.25, 0.3) is 11.3 Å². The first kappa shape index (κ1) is 18.5. The molecule has 0 aliphatic rings. The van der Waals surface area contributed by atoms with Crippen molar-refractivity contribution < 1.29 is 13.9 Å². The molecule has 0 aliphatic carbocycles. The number of esters is 1. The quantitative estimate of drug-likeness (QED) is 0.356. The first-order chi connectivity index (χ1) is 13.1. The van der Waals surface area contributed by atoms with E-state index in [9.17, 15) is 4.79 Å². The second kappa shape index (κ2) is 8.85. The van der Waals surface area contributed by atoms with Gasteiger partial charge in [0.1, 0.15) is 11.5 Å². The van der Waals surface area contributed by atoms with E-state index in [0.29, 0.717) is 29.6 Å². The summed E-state index contributed by atoms with van der Waals surface area (Å²) in [5.41, 5.74) is 5.25. The van der Waals surface area contributed by atoms with Crippen molar-refractivity contribution in [1.82, 2.24) is 0 Å². The van der Waals surface area contributed by atoms with Gasteiger partial charge in [0, 0.05) is 5.56 Å². The Hall–Kier alpha value is -3.34. The van der Waals surface area contributed by atoms with Crippen LogP contribution in [0.3, 0.4) is 0 Å². The maximum atomic E-state index is 12.0. The molecule has 138 valence electrons. The molecule has 2 aromatic carbocycles. The number of benzene rings is 2. The molecular formula is C22H22N2O3. The van der Waals surface area contributed by atoms with Gasteiger partial charge in [0.05, 0.1) is 24.1 Å². The first-order valence-electron chi connectivity index (χ1n) is 8.83. The van der Waals surface area contributed by atoms with Crippen molar-refractivity contribution in [3.05, 3.63) is 78.1 Å². The molecule has 0 fully saturated rings. The SMILES string of the molecule is CC(C)COC(=O)c1ccc(-c2ccc(C=NNc3ccccc3)o2)cc1. The van der Waals surface area contributed by atoms with Crippen molar-refractivity contribution in [2.75, 3.05) is 12.0 Å². The summed E-state index contributed by atoms with van der Waals surface area (Å²) in [7, 11) is 0. The molecule has 5 nitrogen and oxygen atoms in total. The third-order valence-corrected chi connectivity index (χ3v) is 3.74. The average Bonchev–Trinajstić information content (AvgIpc) is 3.16. The van der Waals surface area contributed by atoms with Gasteiger partial charge in [-0.15, -0.1) is 0 Å². The van der Waals surface area contributed by atoms with Crippen molar-refractivity contribution in [1.29, 1.82) is 0 Å². The summed E-state index contributed by atoms with van der Waals surface area (Å²) in [6, 6.07) is 20.6. The minimum Gasteiger partial charge on any atom is -0.462 e. The number of nitrogens with zero attached hydrogens (tertiary/aromatic N) is 1. The summed E-state index contributed by atoms with van der Waals surface area (Å²) in [5.74, 6) is 1.34. The lowest BCUT2D eigenvalue weighted by Gasteiger charge is -2.07. The third-order valence-electron chi connectivity index (χ3n) is 3.74. The highest BCUT2D eigenvalue weighted by molar-refractivity contribution is 5.90. The van der Waals surface area contributed by atoms with Crippen LogP contribution in [0, 0.1) is 5.92 Å². The lowest BCUT2D eigenvalue weighted by molar-refractivity contribution is 0.0459. The van der Waals surface area contributed by atoms with Gasteiger partial charge in [-0.2, -0.15) is 5.10 Å². The van der Waals surface area contributed by atoms with Crippen LogP contribution in [0.5, 0.6) is 0 Å². The lowest BCUT2D eigenvalue weighted by atomic mass is 10.1. The van der Waals surface area contributed by atoms with Gasteiger partial charge in [0.2, 0.25) is 0 Å². The maximum Gasteiger partial charge on any atom is 0.338 e. The Morgan fingerprint density at radius 3 is 2.52 bits per heavy atom. The zero-order valence-electron chi connectivity index (χ0n) is 15.4. The van der Waals surface area contributed by atoms with Crippen LogP contribution in [-0.4, -0.2) is 18.8 Å². The monoisotopic (exact) mass is 362 g/mol. The number of rotatable bonds is 7. The number of anilines is 1. The molecule has 0 saturated carbocycles. The van der Waals surface area contributed by atoms with Gasteiger partial charge < -0.3 is 9.15 Å². The third kappa shape index (κ3) is 5.31. The molecule has 0 unspecified atom stereocenters. The number of hydrogen-bond donors (Lipinski definition) is 1. The van der Waals surface area contributed by atoms with E-state index < -0.39 is 0 Å². The minimum absolute atomic E-state index is 0.311. The van der Waals surface area contributed by atoms with E-state index >= 15 is 0 Å². The second-order valence-corrected chi connectivity index (χ2v) is 6.51. The van der Waals surface area contributed by atoms with Crippen LogP contribution < -0.4 is 5.43 Å². The predicted octanol–water partition coefficient (Wildman–Crippen LogP) is 5.21. The van der Waals surface area contributed by atoms with E-state index in [2.05, 4.69) is 10.5 Å². The Morgan fingerprint density at radius 1 is 1.07 bits per heavy atom. The van der Waals surface area contributed by atoms with Crippen LogP contribution in [0.15, 0.2) is 76.2 Å². The highest BCUT2D eigenvalue weighted by atomic mass is 16.5. The molecule has 3 rings (SSSR count). The molecule has 0 aliphatic heterocycles. The highest BCUT2D eigenvalue weighted by Gasteiger charge is 2.09. The number of hydrogen-bond acceptors (Lipinski definition) is 5. The van der Waals surface area contributed by atoms with E-state index in [-0.39, 0.29) is 5.97 Å². The maximum absolute atomic E-state index is 12.0. The highest BCUT2D eigenvalue weighted by Crippen LogP contribution is 2.22. The topological polar surface area (TPSA) is 63.8 Å². The molecule has 0 atom stereocenters. The largest absolute Gasteiger partial charge is 0.462 e. The Labute approximate surface area is 158 Å². The number of para-hydroxylation sites is 1. The number of nitrogens with one attached hydrogen (secondary N) is 1. The molecule has 0 bridgehead atoms. The van der Waals surface area contributed by atoms with Crippen LogP contribution in [0.1, 0.15) is 30.0 Å². The summed E-state index contributed by atoms with van der Waals surface area (Å²) in [4.78, 5) is 12.0. The van der Waals surface area contributed by atoms with Gasteiger partial charge in [-0.25, -0.2) is 4.79 Å². The van der Waals surface area contributed by atoms with E-state index in [0.717, 1.165) is 11.3 Å². The molecule has 27 heavy (non-hydrogen) atoms. The van der Waals surface area contributed by atoms with Crippen molar-refractivity contribution in [2.24, 2.45) is 11.0 Å². The summed E-state index contributed by atoms with van der Waals surface area (Å²) in [5, 5.41) is 4.16. The van der Waals surface area contributed by atoms with Gasteiger partial charge in [-0.05, 0) is 42.3 Å². The van der Waals surface area contributed by atoms with Gasteiger partial charge in [0.15, 0.2) is 0 Å². The smallest absolute Gasteiger partial charge is 0.338 e. The molecular weight excluding hydrogens is 340 g/mol. The number of ether oxygens (including phenoxy) is 1. The van der Waals surface area contributed by atoms with Crippen molar-refractivity contribution in [3.63, 3.8) is 0 Å². The molecule has 0 spiro atoms. The molecule has 1 N–H and O–H groups in total. The molecule has 0 radical (unpaired) electrons. The second-order valence-electron chi connectivity index (χ2n) is 6.51. The van der Waals surface area contributed by atoms with Crippen LogP contribution >= 0.6 is 0 Å². The van der Waals surface area contributed by atoms with Gasteiger partial charge in [-0.3, -0.25) is 5.43 Å². The van der Waals surface area contributed by atoms with E-state index in [1.165, 1.54) is 0 Å². The summed E-state index contributed by atoms with van der Waals surface area (Å²) < 4.78 is 11.0. The number of carbonyl (C=O) groups is 1. The Balaban J connectivity index is 1.61. The fraction of sp³-hybridized carbons (Fsp3) is 0.182. The number of furan rings is 1. The zero-order chi connectivity index (χ0) is 19.1. The molecule has 1 heterocycles. The normalized spacial score (nSPS) is 11.1. The molecule has 1 aromatic heterocycles. The van der Waals surface area contributed by atoms with E-state index in [1.807, 2.05) is 68.4 Å².